The molecule has 2 atom stereocenters. The molecule has 2 aromatic rings. The molecule has 0 fully saturated rings. The first kappa shape index (κ1) is 33.5. The Bertz CT molecular complexity index is 1010. The van der Waals surface area contributed by atoms with Crippen LogP contribution in [0.4, 0.5) is 11.4 Å². The van der Waals surface area contributed by atoms with Crippen LogP contribution in [0.15, 0.2) is 48.5 Å². The number of hydrogen-bond acceptors (Lipinski definition) is 4. The van der Waals surface area contributed by atoms with Crippen molar-refractivity contribution in [2.45, 2.75) is 85.5 Å². The second kappa shape index (κ2) is 18.6. The van der Waals surface area contributed by atoms with Crippen LogP contribution in [-0.2, 0) is 25.6 Å². The van der Waals surface area contributed by atoms with Crippen molar-refractivity contribution in [1.82, 2.24) is 10.6 Å². The second-order valence-corrected chi connectivity index (χ2v) is 10.7. The first-order valence-electron chi connectivity index (χ1n) is 15.2. The largest absolute Gasteiger partial charge is 0.348 e. The summed E-state index contributed by atoms with van der Waals surface area (Å²) in [6.07, 6.45) is 9.14. The molecule has 0 spiro atoms. The minimum atomic E-state index is -0.670. The predicted octanol–water partition coefficient (Wildman–Crippen LogP) is 5.82. The van der Waals surface area contributed by atoms with E-state index in [1.807, 2.05) is 24.3 Å². The molecular formula is C33H48N4O4. The molecule has 8 nitrogen and oxygen atoms in total. The van der Waals surface area contributed by atoms with Gasteiger partial charge < -0.3 is 21.3 Å². The molecule has 224 valence electrons. The third-order valence-corrected chi connectivity index (χ3v) is 7.43. The predicted molar refractivity (Wildman–Crippen MR) is 166 cm³/mol. The van der Waals surface area contributed by atoms with Gasteiger partial charge in [-0.1, -0.05) is 90.5 Å². The highest BCUT2D eigenvalue weighted by Crippen LogP contribution is 2.17. The number of benzene rings is 2. The normalized spacial score (nSPS) is 12.2. The number of hydrogen-bond donors (Lipinski definition) is 4. The molecule has 8 heteroatoms. The van der Waals surface area contributed by atoms with Gasteiger partial charge in [-0.15, -0.1) is 0 Å². The van der Waals surface area contributed by atoms with Gasteiger partial charge in [-0.05, 0) is 66.5 Å². The summed E-state index contributed by atoms with van der Waals surface area (Å²) in [5.41, 5.74) is 3.16. The standard InChI is InChI=1S/C33H48N4O4/c1-5-9-11-24(7-3)22-34-30(38)32(40)36-28-17-13-26(14-18-28)21-27-15-19-29(20-16-27)37-33(41)31(39)35-23-25(8-4)12-10-6-2/h13-20,24-25H,5-12,21-23H2,1-4H3,(H,34,38)(H,35,39)(H,36,40)(H,37,41). The number of carbonyl (C=O) groups excluding carboxylic acids is 4. The molecule has 0 radical (unpaired) electrons. The first-order chi connectivity index (χ1) is 19.8. The number of amides is 4. The third-order valence-electron chi connectivity index (χ3n) is 7.43. The van der Waals surface area contributed by atoms with E-state index in [1.165, 1.54) is 0 Å². The molecule has 4 N–H and O–H groups in total. The van der Waals surface area contributed by atoms with Crippen molar-refractivity contribution in [2.75, 3.05) is 23.7 Å². The third kappa shape index (κ3) is 12.6. The molecule has 2 unspecified atom stereocenters. The lowest BCUT2D eigenvalue weighted by Crippen LogP contribution is -2.38. The maximum absolute atomic E-state index is 12.3. The molecular weight excluding hydrogens is 516 g/mol. The average molecular weight is 565 g/mol. The topological polar surface area (TPSA) is 116 Å². The van der Waals surface area contributed by atoms with Crippen LogP contribution in [0.5, 0.6) is 0 Å². The van der Waals surface area contributed by atoms with Gasteiger partial charge >= 0.3 is 23.6 Å². The van der Waals surface area contributed by atoms with Crippen molar-refractivity contribution < 1.29 is 19.2 Å². The van der Waals surface area contributed by atoms with E-state index in [9.17, 15) is 19.2 Å². The van der Waals surface area contributed by atoms with Crippen LogP contribution in [0.3, 0.4) is 0 Å². The highest BCUT2D eigenvalue weighted by Gasteiger charge is 2.17. The Kier molecular flexibility index (Phi) is 15.2. The van der Waals surface area contributed by atoms with Gasteiger partial charge in [0, 0.05) is 24.5 Å². The van der Waals surface area contributed by atoms with Gasteiger partial charge in [0.1, 0.15) is 0 Å². The van der Waals surface area contributed by atoms with E-state index < -0.39 is 23.6 Å². The molecule has 0 aromatic heterocycles. The first-order valence-corrected chi connectivity index (χ1v) is 15.2. The van der Waals surface area contributed by atoms with Gasteiger partial charge in [-0.3, -0.25) is 19.2 Å². The fourth-order valence-electron chi connectivity index (χ4n) is 4.54. The Morgan fingerprint density at radius 3 is 1.24 bits per heavy atom. The molecule has 0 saturated carbocycles. The zero-order chi connectivity index (χ0) is 30.0. The van der Waals surface area contributed by atoms with Crippen molar-refractivity contribution in [3.05, 3.63) is 59.7 Å². The smallest absolute Gasteiger partial charge is 0.313 e. The summed E-state index contributed by atoms with van der Waals surface area (Å²) in [6, 6.07) is 14.7. The van der Waals surface area contributed by atoms with Crippen LogP contribution >= 0.6 is 0 Å². The summed E-state index contributed by atoms with van der Waals surface area (Å²) >= 11 is 0. The zero-order valence-electron chi connectivity index (χ0n) is 25.2. The molecule has 2 rings (SSSR count). The van der Waals surface area contributed by atoms with Crippen LogP contribution < -0.4 is 21.3 Å². The van der Waals surface area contributed by atoms with Gasteiger partial charge in [0.05, 0.1) is 0 Å². The molecule has 0 bridgehead atoms. The fraction of sp³-hybridized carbons (Fsp3) is 0.515. The Morgan fingerprint density at radius 1 is 0.561 bits per heavy atom. The summed E-state index contributed by atoms with van der Waals surface area (Å²) in [6.45, 7) is 9.50. The SMILES string of the molecule is CCCCC(CC)CNC(=O)C(=O)Nc1ccc(Cc2ccc(NC(=O)C(=O)NCC(CC)CCCC)cc2)cc1. The molecule has 2 aromatic carbocycles. The lowest BCUT2D eigenvalue weighted by Gasteiger charge is -2.15. The monoisotopic (exact) mass is 564 g/mol. The Labute approximate surface area is 245 Å². The van der Waals surface area contributed by atoms with Crippen LogP contribution in [0.25, 0.3) is 0 Å². The molecule has 41 heavy (non-hydrogen) atoms. The van der Waals surface area contributed by atoms with Crippen LogP contribution in [0.1, 0.15) is 90.2 Å². The molecule has 0 aliphatic rings. The van der Waals surface area contributed by atoms with Gasteiger partial charge in [0.2, 0.25) is 0 Å². The van der Waals surface area contributed by atoms with Crippen molar-refractivity contribution in [3.8, 4) is 0 Å². The number of rotatable bonds is 16. The van der Waals surface area contributed by atoms with Gasteiger partial charge in [0.25, 0.3) is 0 Å². The fourth-order valence-corrected chi connectivity index (χ4v) is 4.54. The minimum Gasteiger partial charge on any atom is -0.348 e. The quantitative estimate of drug-likeness (QED) is 0.192. The van der Waals surface area contributed by atoms with E-state index in [-0.39, 0.29) is 0 Å². The number of anilines is 2. The van der Waals surface area contributed by atoms with Crippen molar-refractivity contribution >= 4 is 35.0 Å². The van der Waals surface area contributed by atoms with E-state index in [1.54, 1.807) is 24.3 Å². The summed E-state index contributed by atoms with van der Waals surface area (Å²) in [7, 11) is 0. The summed E-state index contributed by atoms with van der Waals surface area (Å²) in [5.74, 6) is -1.81. The number of unbranched alkanes of at least 4 members (excludes halogenated alkanes) is 2. The van der Waals surface area contributed by atoms with Crippen LogP contribution in [-0.4, -0.2) is 36.7 Å². The minimum absolute atomic E-state index is 0.384. The molecule has 4 amide bonds. The van der Waals surface area contributed by atoms with E-state index in [2.05, 4.69) is 49.0 Å². The average Bonchev–Trinajstić information content (AvgIpc) is 2.99. The lowest BCUT2D eigenvalue weighted by atomic mass is 9.99. The van der Waals surface area contributed by atoms with E-state index in [0.29, 0.717) is 42.7 Å². The summed E-state index contributed by atoms with van der Waals surface area (Å²) < 4.78 is 0. The summed E-state index contributed by atoms with van der Waals surface area (Å²) in [4.78, 5) is 49.0. The highest BCUT2D eigenvalue weighted by atomic mass is 16.2. The lowest BCUT2D eigenvalue weighted by molar-refractivity contribution is -0.136. The second-order valence-electron chi connectivity index (χ2n) is 10.7. The maximum atomic E-state index is 12.3. The Hall–Kier alpha value is -3.68. The van der Waals surface area contributed by atoms with E-state index in [4.69, 9.17) is 0 Å². The van der Waals surface area contributed by atoms with Gasteiger partial charge in [-0.2, -0.15) is 0 Å². The van der Waals surface area contributed by atoms with Gasteiger partial charge in [-0.25, -0.2) is 0 Å². The Balaban J connectivity index is 1.80. The molecule has 0 aliphatic carbocycles. The highest BCUT2D eigenvalue weighted by molar-refractivity contribution is 6.40. The summed E-state index contributed by atoms with van der Waals surface area (Å²) in [5, 5.41) is 10.8. The Morgan fingerprint density at radius 2 is 0.927 bits per heavy atom. The molecule has 0 heterocycles. The van der Waals surface area contributed by atoms with Crippen LogP contribution in [0, 0.1) is 11.8 Å². The zero-order valence-corrected chi connectivity index (χ0v) is 25.2. The van der Waals surface area contributed by atoms with Crippen LogP contribution in [0.2, 0.25) is 0 Å². The maximum Gasteiger partial charge on any atom is 0.313 e. The number of carbonyl (C=O) groups is 4. The van der Waals surface area contributed by atoms with Crippen molar-refractivity contribution in [2.24, 2.45) is 11.8 Å². The van der Waals surface area contributed by atoms with Crippen molar-refractivity contribution in [3.63, 3.8) is 0 Å². The van der Waals surface area contributed by atoms with Gasteiger partial charge in [0.15, 0.2) is 0 Å². The van der Waals surface area contributed by atoms with Crippen molar-refractivity contribution in [1.29, 1.82) is 0 Å². The van der Waals surface area contributed by atoms with E-state index >= 15 is 0 Å². The molecule has 0 saturated heterocycles. The van der Waals surface area contributed by atoms with E-state index in [0.717, 1.165) is 62.5 Å². The molecule has 0 aliphatic heterocycles. The number of nitrogens with one attached hydrogen (secondary N) is 4.